The highest BCUT2D eigenvalue weighted by atomic mass is 35.5. The highest BCUT2D eigenvalue weighted by molar-refractivity contribution is 6.31. The Kier molecular flexibility index (Phi) is 4.48. The summed E-state index contributed by atoms with van der Waals surface area (Å²) in [6.07, 6.45) is 0.0773. The van der Waals surface area contributed by atoms with E-state index < -0.39 is 11.7 Å². The molecule has 1 aromatic heterocycles. The summed E-state index contributed by atoms with van der Waals surface area (Å²) in [5.41, 5.74) is 1.91. The van der Waals surface area contributed by atoms with Gasteiger partial charge in [-0.3, -0.25) is 9.36 Å². The van der Waals surface area contributed by atoms with E-state index >= 15 is 0 Å². The van der Waals surface area contributed by atoms with Crippen LogP contribution in [-0.2, 0) is 22.7 Å². The van der Waals surface area contributed by atoms with Crippen molar-refractivity contribution in [1.29, 1.82) is 0 Å². The SMILES string of the molecule is O=C(CCn1c(=O)oc2ccccc21)OCc1ccccc1Cl. The lowest BCUT2D eigenvalue weighted by Crippen LogP contribution is -2.17. The highest BCUT2D eigenvalue weighted by Gasteiger charge is 2.11. The number of ether oxygens (including phenoxy) is 1. The second-order valence-electron chi connectivity index (χ2n) is 4.99. The molecule has 0 fully saturated rings. The van der Waals surface area contributed by atoms with Gasteiger partial charge in [0, 0.05) is 17.1 Å². The number of carbonyl (C=O) groups is 1. The number of halogens is 1. The zero-order valence-electron chi connectivity index (χ0n) is 12.2. The number of aryl methyl sites for hydroxylation is 1. The molecule has 3 rings (SSSR count). The first-order chi connectivity index (χ1) is 11.1. The normalized spacial score (nSPS) is 10.8. The summed E-state index contributed by atoms with van der Waals surface area (Å²) in [5.74, 6) is -0.882. The minimum atomic E-state index is -0.481. The minimum absolute atomic E-state index is 0.0773. The van der Waals surface area contributed by atoms with E-state index in [2.05, 4.69) is 0 Å². The molecule has 0 unspecified atom stereocenters. The van der Waals surface area contributed by atoms with E-state index in [9.17, 15) is 9.59 Å². The summed E-state index contributed by atoms with van der Waals surface area (Å²) in [6, 6.07) is 14.2. The summed E-state index contributed by atoms with van der Waals surface area (Å²) in [6.45, 7) is 0.316. The molecule has 3 aromatic rings. The van der Waals surface area contributed by atoms with Gasteiger partial charge >= 0.3 is 11.7 Å². The minimum Gasteiger partial charge on any atom is -0.461 e. The van der Waals surface area contributed by atoms with Crippen molar-refractivity contribution in [2.24, 2.45) is 0 Å². The van der Waals surface area contributed by atoms with E-state index in [1.54, 1.807) is 30.3 Å². The molecule has 1 heterocycles. The van der Waals surface area contributed by atoms with Crippen LogP contribution in [0.3, 0.4) is 0 Å². The Morgan fingerprint density at radius 2 is 1.87 bits per heavy atom. The van der Waals surface area contributed by atoms with Crippen molar-refractivity contribution < 1.29 is 13.9 Å². The summed E-state index contributed by atoms with van der Waals surface area (Å²) in [4.78, 5) is 23.7. The van der Waals surface area contributed by atoms with E-state index in [4.69, 9.17) is 20.8 Å². The van der Waals surface area contributed by atoms with Crippen molar-refractivity contribution in [2.75, 3.05) is 0 Å². The fraction of sp³-hybridized carbons (Fsp3) is 0.176. The Morgan fingerprint density at radius 3 is 2.70 bits per heavy atom. The molecule has 6 heteroatoms. The Labute approximate surface area is 137 Å². The van der Waals surface area contributed by atoms with Crippen molar-refractivity contribution in [2.45, 2.75) is 19.6 Å². The van der Waals surface area contributed by atoms with Crippen molar-refractivity contribution >= 4 is 28.7 Å². The average Bonchev–Trinajstić information content (AvgIpc) is 2.87. The largest absolute Gasteiger partial charge is 0.461 e. The third kappa shape index (κ3) is 3.46. The number of rotatable bonds is 5. The van der Waals surface area contributed by atoms with E-state index in [1.807, 2.05) is 18.2 Å². The maximum atomic E-state index is 11.9. The van der Waals surface area contributed by atoms with Crippen LogP contribution in [0, 0.1) is 0 Å². The van der Waals surface area contributed by atoms with E-state index in [0.717, 1.165) is 5.56 Å². The summed E-state index contributed by atoms with van der Waals surface area (Å²) >= 11 is 6.00. The summed E-state index contributed by atoms with van der Waals surface area (Å²) in [7, 11) is 0. The van der Waals surface area contributed by atoms with Crippen LogP contribution in [-0.4, -0.2) is 10.5 Å². The number of nitrogens with zero attached hydrogens (tertiary/aromatic N) is 1. The van der Waals surface area contributed by atoms with Crippen LogP contribution in [0.4, 0.5) is 0 Å². The standard InChI is InChI=1S/C17H14ClNO4/c18-13-6-2-1-5-12(13)11-22-16(20)9-10-19-14-7-3-4-8-15(14)23-17(19)21/h1-8H,9-11H2. The predicted molar refractivity (Wildman–Crippen MR) is 86.3 cm³/mol. The summed E-state index contributed by atoms with van der Waals surface area (Å²) < 4.78 is 11.7. The third-order valence-electron chi connectivity index (χ3n) is 3.46. The molecule has 0 aliphatic heterocycles. The van der Waals surface area contributed by atoms with Gasteiger partial charge in [-0.15, -0.1) is 0 Å². The van der Waals surface area contributed by atoms with Gasteiger partial charge in [0.15, 0.2) is 5.58 Å². The maximum Gasteiger partial charge on any atom is 0.419 e. The Bertz CT molecular complexity index is 897. The van der Waals surface area contributed by atoms with Crippen molar-refractivity contribution in [3.63, 3.8) is 0 Å². The molecule has 5 nitrogen and oxygen atoms in total. The molecule has 0 amide bonds. The van der Waals surface area contributed by atoms with Gasteiger partial charge < -0.3 is 9.15 Å². The Hall–Kier alpha value is -2.53. The molecular formula is C17H14ClNO4. The van der Waals surface area contributed by atoms with Gasteiger partial charge in [-0.1, -0.05) is 41.9 Å². The molecule has 0 atom stereocenters. The number of esters is 1. The summed E-state index contributed by atoms with van der Waals surface area (Å²) in [5, 5.41) is 0.553. The lowest BCUT2D eigenvalue weighted by atomic mass is 10.2. The zero-order chi connectivity index (χ0) is 16.2. The molecule has 0 spiro atoms. The van der Waals surface area contributed by atoms with Gasteiger partial charge in [-0.2, -0.15) is 0 Å². The number of benzene rings is 2. The van der Waals surface area contributed by atoms with E-state index in [0.29, 0.717) is 16.1 Å². The van der Waals surface area contributed by atoms with Crippen LogP contribution in [0.5, 0.6) is 0 Å². The number of aromatic nitrogens is 1. The first-order valence-electron chi connectivity index (χ1n) is 7.12. The van der Waals surface area contributed by atoms with Gasteiger partial charge in [0.05, 0.1) is 11.9 Å². The molecule has 0 saturated heterocycles. The molecule has 0 bridgehead atoms. The molecule has 2 aromatic carbocycles. The maximum absolute atomic E-state index is 11.9. The van der Waals surface area contributed by atoms with Gasteiger partial charge in [0.2, 0.25) is 0 Å². The second kappa shape index (κ2) is 6.71. The number of hydrogen-bond donors (Lipinski definition) is 0. The molecule has 0 radical (unpaired) electrons. The van der Waals surface area contributed by atoms with Gasteiger partial charge in [0.1, 0.15) is 6.61 Å². The number of carbonyl (C=O) groups excluding carboxylic acids is 1. The van der Waals surface area contributed by atoms with Crippen molar-refractivity contribution in [3.8, 4) is 0 Å². The van der Waals surface area contributed by atoms with Gasteiger partial charge in [0.25, 0.3) is 0 Å². The Balaban J connectivity index is 1.61. The highest BCUT2D eigenvalue weighted by Crippen LogP contribution is 2.16. The smallest absolute Gasteiger partial charge is 0.419 e. The van der Waals surface area contributed by atoms with Crippen LogP contribution in [0.2, 0.25) is 5.02 Å². The lowest BCUT2D eigenvalue weighted by molar-refractivity contribution is -0.145. The molecule has 118 valence electrons. The van der Waals surface area contributed by atoms with Crippen LogP contribution < -0.4 is 5.76 Å². The zero-order valence-corrected chi connectivity index (χ0v) is 13.0. The fourth-order valence-corrected chi connectivity index (χ4v) is 2.46. The number of para-hydroxylation sites is 2. The molecule has 23 heavy (non-hydrogen) atoms. The first-order valence-corrected chi connectivity index (χ1v) is 7.50. The molecule has 0 saturated carbocycles. The molecule has 0 N–H and O–H groups in total. The quantitative estimate of drug-likeness (QED) is 0.672. The number of fused-ring (bicyclic) bond motifs is 1. The van der Waals surface area contributed by atoms with Gasteiger partial charge in [-0.25, -0.2) is 4.79 Å². The first kappa shape index (κ1) is 15.4. The van der Waals surface area contributed by atoms with E-state index in [-0.39, 0.29) is 19.6 Å². The fourth-order valence-electron chi connectivity index (χ4n) is 2.27. The van der Waals surface area contributed by atoms with E-state index in [1.165, 1.54) is 4.57 Å². The predicted octanol–water partition coefficient (Wildman–Crippen LogP) is 3.38. The second-order valence-corrected chi connectivity index (χ2v) is 5.40. The topological polar surface area (TPSA) is 61.4 Å². The van der Waals surface area contributed by atoms with Crippen LogP contribution in [0.25, 0.3) is 11.1 Å². The van der Waals surface area contributed by atoms with Crippen LogP contribution in [0.1, 0.15) is 12.0 Å². The Morgan fingerprint density at radius 1 is 1.13 bits per heavy atom. The van der Waals surface area contributed by atoms with Crippen LogP contribution in [0.15, 0.2) is 57.7 Å². The number of hydrogen-bond acceptors (Lipinski definition) is 4. The lowest BCUT2D eigenvalue weighted by Gasteiger charge is -2.06. The van der Waals surface area contributed by atoms with Gasteiger partial charge in [-0.05, 0) is 18.2 Å². The molecule has 0 aliphatic rings. The molecular weight excluding hydrogens is 318 g/mol. The number of oxazole rings is 1. The van der Waals surface area contributed by atoms with Crippen LogP contribution >= 0.6 is 11.6 Å². The monoisotopic (exact) mass is 331 g/mol. The third-order valence-corrected chi connectivity index (χ3v) is 3.83. The average molecular weight is 332 g/mol. The van der Waals surface area contributed by atoms with Crippen molar-refractivity contribution in [3.05, 3.63) is 69.7 Å². The van der Waals surface area contributed by atoms with Crippen molar-refractivity contribution in [1.82, 2.24) is 4.57 Å². The molecule has 0 aliphatic carbocycles.